The number of furan rings is 1. The van der Waals surface area contributed by atoms with Gasteiger partial charge >= 0.3 is 0 Å². The van der Waals surface area contributed by atoms with Crippen LogP contribution in [0.15, 0.2) is 108 Å². The van der Waals surface area contributed by atoms with E-state index in [-0.39, 0.29) is 20.1 Å². The maximum absolute atomic E-state index is 6.16. The number of hydrogen-bond donors (Lipinski definition) is 0. The molecule has 0 fully saturated rings. The number of aromatic nitrogens is 4. The fourth-order valence-electron chi connectivity index (χ4n) is 5.56. The number of aryl methyl sites for hydroxylation is 5. The fraction of sp³-hybridized carbons (Fsp3) is 0.122. The van der Waals surface area contributed by atoms with E-state index in [0.29, 0.717) is 5.71 Å². The second-order valence-corrected chi connectivity index (χ2v) is 11.8. The minimum absolute atomic E-state index is 0. The predicted octanol–water partition coefficient (Wildman–Crippen LogP) is 10.1. The third-order valence-electron chi connectivity index (χ3n) is 8.37. The van der Waals surface area contributed by atoms with Gasteiger partial charge in [-0.05, 0) is 91.0 Å². The van der Waals surface area contributed by atoms with E-state index < -0.39 is 0 Å². The minimum Gasteiger partial charge on any atom is -0.486 e. The number of fused-ring (bicyclic) bond motifs is 4. The molecule has 5 heterocycles. The molecule has 0 aliphatic heterocycles. The monoisotopic (exact) mass is 789 g/mol. The Morgan fingerprint density at radius 3 is 2.30 bits per heavy atom. The largest absolute Gasteiger partial charge is 0.486 e. The second kappa shape index (κ2) is 13.4. The molecule has 0 spiro atoms. The van der Waals surface area contributed by atoms with Gasteiger partial charge < -0.3 is 14.4 Å². The van der Waals surface area contributed by atoms with Crippen molar-refractivity contribution < 1.29 is 24.5 Å². The Bertz CT molecular complexity index is 2380. The molecule has 0 saturated carbocycles. The summed E-state index contributed by atoms with van der Waals surface area (Å²) in [6, 6.07) is 33.4. The van der Waals surface area contributed by atoms with Crippen molar-refractivity contribution in [3.63, 3.8) is 0 Å². The van der Waals surface area contributed by atoms with Gasteiger partial charge in [0.05, 0.1) is 5.58 Å². The van der Waals surface area contributed by atoms with Crippen LogP contribution in [0.1, 0.15) is 27.9 Å². The molecule has 0 saturated heterocycles. The van der Waals surface area contributed by atoms with Crippen molar-refractivity contribution in [3.8, 4) is 33.6 Å². The molecular weight excluding hydrogens is 757 g/mol. The van der Waals surface area contributed by atoms with Crippen molar-refractivity contribution in [2.24, 2.45) is 0 Å². The van der Waals surface area contributed by atoms with Crippen LogP contribution >= 0.6 is 0 Å². The van der Waals surface area contributed by atoms with E-state index in [4.69, 9.17) is 9.40 Å². The van der Waals surface area contributed by atoms with E-state index in [1.165, 1.54) is 16.7 Å². The summed E-state index contributed by atoms with van der Waals surface area (Å²) in [6.45, 7) is 10.3. The molecule has 8 rings (SSSR count). The van der Waals surface area contributed by atoms with E-state index >= 15 is 0 Å². The molecule has 0 N–H and O–H groups in total. The molecule has 0 bridgehead atoms. The number of nitrogens with zero attached hydrogens (tertiary/aromatic N) is 4. The Morgan fingerprint density at radius 1 is 0.660 bits per heavy atom. The average molecular weight is 789 g/mol. The molecule has 8 aromatic rings. The van der Waals surface area contributed by atoms with Gasteiger partial charge in [-0.2, -0.15) is 0 Å². The summed E-state index contributed by atoms with van der Waals surface area (Å²) in [5.41, 5.74) is 13.2. The summed E-state index contributed by atoms with van der Waals surface area (Å²) in [5.74, 6) is 0. The Hall–Kier alpha value is -5.03. The van der Waals surface area contributed by atoms with Crippen LogP contribution in [0, 0.1) is 46.8 Å². The smallest absolute Gasteiger partial charge is 0.216 e. The second-order valence-electron chi connectivity index (χ2n) is 11.8. The minimum atomic E-state index is 0. The van der Waals surface area contributed by atoms with E-state index in [1.54, 1.807) is 0 Å². The van der Waals surface area contributed by atoms with Crippen LogP contribution < -0.4 is 0 Å². The molecular formula is C41H32IrN4O-2. The molecule has 0 atom stereocenters. The Balaban J connectivity index is 0.000000204. The first kappa shape index (κ1) is 31.9. The molecule has 0 unspecified atom stereocenters. The molecule has 0 aliphatic rings. The first-order valence-electron chi connectivity index (χ1n) is 15.3. The fourth-order valence-corrected chi connectivity index (χ4v) is 5.56. The average Bonchev–Trinajstić information content (AvgIpc) is 3.44. The quantitative estimate of drug-likeness (QED) is 0.167. The summed E-state index contributed by atoms with van der Waals surface area (Å²) < 4.78 is 6.16. The summed E-state index contributed by atoms with van der Waals surface area (Å²) in [7, 11) is 0. The van der Waals surface area contributed by atoms with Crippen molar-refractivity contribution in [3.05, 3.63) is 144 Å². The third kappa shape index (κ3) is 6.48. The van der Waals surface area contributed by atoms with Crippen molar-refractivity contribution in [1.29, 1.82) is 0 Å². The zero-order valence-electron chi connectivity index (χ0n) is 26.8. The summed E-state index contributed by atoms with van der Waals surface area (Å²) in [6.07, 6.45) is 7.54. The molecule has 0 amide bonds. The number of rotatable bonds is 3. The number of pyridine rings is 4. The molecule has 1 radical (unpaired) electrons. The molecule has 47 heavy (non-hydrogen) atoms. The van der Waals surface area contributed by atoms with Crippen molar-refractivity contribution in [1.82, 2.24) is 19.9 Å². The number of hydrogen-bond acceptors (Lipinski definition) is 5. The van der Waals surface area contributed by atoms with Gasteiger partial charge in [0.15, 0.2) is 0 Å². The van der Waals surface area contributed by atoms with E-state index in [1.807, 2.05) is 62.0 Å². The van der Waals surface area contributed by atoms with Crippen LogP contribution in [0.4, 0.5) is 0 Å². The van der Waals surface area contributed by atoms with Crippen LogP contribution in [0.5, 0.6) is 0 Å². The first-order chi connectivity index (χ1) is 22.3. The van der Waals surface area contributed by atoms with Gasteiger partial charge in [-0.1, -0.05) is 47.7 Å². The number of benzene rings is 3. The molecule has 5 nitrogen and oxygen atoms in total. The summed E-state index contributed by atoms with van der Waals surface area (Å²) in [4.78, 5) is 17.9. The van der Waals surface area contributed by atoms with Crippen molar-refractivity contribution in [2.45, 2.75) is 34.6 Å². The van der Waals surface area contributed by atoms with Crippen LogP contribution in [-0.2, 0) is 20.1 Å². The van der Waals surface area contributed by atoms with Crippen molar-refractivity contribution >= 4 is 32.8 Å². The maximum atomic E-state index is 6.16. The summed E-state index contributed by atoms with van der Waals surface area (Å²) >= 11 is 0. The molecule has 233 valence electrons. The van der Waals surface area contributed by atoms with Crippen LogP contribution in [-0.4, -0.2) is 19.9 Å². The van der Waals surface area contributed by atoms with Gasteiger partial charge in [-0.3, -0.25) is 4.98 Å². The topological polar surface area (TPSA) is 64.7 Å². The zero-order valence-corrected chi connectivity index (χ0v) is 29.2. The van der Waals surface area contributed by atoms with Gasteiger partial charge in [0.25, 0.3) is 0 Å². The molecule has 3 aromatic carbocycles. The van der Waals surface area contributed by atoms with Crippen LogP contribution in [0.2, 0.25) is 0 Å². The normalized spacial score (nSPS) is 10.9. The molecule has 0 aliphatic carbocycles. The third-order valence-corrected chi connectivity index (χ3v) is 8.37. The first-order valence-corrected chi connectivity index (χ1v) is 15.3. The SMILES string of the molecule is Cc1c[c-]c(-c2cc(C)c(C)cn2)cc1.Cc1ccc2c(n1)oc1c(-c3cc(-c4ccc5cnccc5c4)c(C)cn3)[c-]ccc12.[Ir]. The molecule has 6 heteroatoms. The predicted molar refractivity (Wildman–Crippen MR) is 187 cm³/mol. The molecule has 5 aromatic heterocycles. The van der Waals surface area contributed by atoms with Gasteiger partial charge in [-0.25, -0.2) is 4.98 Å². The Labute approximate surface area is 288 Å². The van der Waals surface area contributed by atoms with Gasteiger partial charge in [0, 0.05) is 61.4 Å². The van der Waals surface area contributed by atoms with Gasteiger partial charge in [0.2, 0.25) is 5.71 Å². The van der Waals surface area contributed by atoms with Gasteiger partial charge in [-0.15, -0.1) is 53.6 Å². The Kier molecular flexibility index (Phi) is 9.08. The summed E-state index contributed by atoms with van der Waals surface area (Å²) in [5, 5.41) is 4.32. The van der Waals surface area contributed by atoms with E-state index in [0.717, 1.165) is 72.0 Å². The van der Waals surface area contributed by atoms with Crippen LogP contribution in [0.3, 0.4) is 0 Å². The zero-order chi connectivity index (χ0) is 31.8. The van der Waals surface area contributed by atoms with Crippen molar-refractivity contribution in [2.75, 3.05) is 0 Å². The van der Waals surface area contributed by atoms with E-state index in [2.05, 4.69) is 103 Å². The van der Waals surface area contributed by atoms with Crippen LogP contribution in [0.25, 0.3) is 66.5 Å². The standard InChI is InChI=1S/C27H18N3O.C14H14N.Ir/c1-16-14-29-25(13-24(16)19-7-8-20-15-28-11-10-18(20)12-19)23-5-3-4-21-22-9-6-17(2)30-27(22)31-26(21)23;1-10-4-6-13(7-5-10)14-8-11(2)12(3)9-15-14;/h3-4,6-15H,1-2H3;4-6,8-9H,1-3H3;/q2*-1;. The van der Waals surface area contributed by atoms with Gasteiger partial charge in [0.1, 0.15) is 0 Å². The maximum Gasteiger partial charge on any atom is 0.216 e. The Morgan fingerprint density at radius 2 is 1.49 bits per heavy atom. The van der Waals surface area contributed by atoms with E-state index in [9.17, 15) is 0 Å².